The Bertz CT molecular complexity index is 1790. The first-order valence-electron chi connectivity index (χ1n) is 13.2. The van der Waals surface area contributed by atoms with E-state index < -0.39 is 35.1 Å². The normalized spacial score (nSPS) is 17.8. The van der Waals surface area contributed by atoms with Crippen LogP contribution in [0.4, 0.5) is 5.13 Å². The number of carboxylic acid groups (broad SMARTS) is 1. The molecule has 0 unspecified atom stereocenters. The Morgan fingerprint density at radius 1 is 1.38 bits per heavy atom. The van der Waals surface area contributed by atoms with Gasteiger partial charge >= 0.3 is 0 Å². The summed E-state index contributed by atoms with van der Waals surface area (Å²) in [5.74, 6) is -3.15. The molecule has 1 saturated heterocycles. The standard InChI is InChI=1S/C27H24N10O6S2/c1-2-43-35-19(18-12-45-27(29)31-18)23(39)32-20-24(40)37-21(26(41)42)15(11-44-25(20)37)4-3-7-36-8-5-14(6-9-36)16-10-17(34-33-16)22(38)30-13-28/h3-6,8-10,12,20,25H,2,7,11H2,1H3,(H5,29,30,31,32,38,39,41,42)/b4-3+,35-19-/t20-,25-/m1/s1. The van der Waals surface area contributed by atoms with Gasteiger partial charge in [0.15, 0.2) is 36.0 Å². The number of nitrogens with one attached hydrogen (secondary N) is 3. The number of nitrogens with two attached hydrogens (primary N) is 1. The Kier molecular flexibility index (Phi) is 9.20. The minimum absolute atomic E-state index is 0.145. The third kappa shape index (κ3) is 6.53. The van der Waals surface area contributed by atoms with Crippen molar-refractivity contribution in [2.45, 2.75) is 24.9 Å². The monoisotopic (exact) mass is 648 g/mol. The topological polar surface area (TPSA) is 235 Å². The number of aromatic amines is 1. The third-order valence-corrected chi connectivity index (χ3v) is 8.53. The highest BCUT2D eigenvalue weighted by atomic mass is 32.2. The number of nitriles is 1. The van der Waals surface area contributed by atoms with Crippen LogP contribution in [0.5, 0.6) is 0 Å². The number of allylic oxidation sites excluding steroid dienone is 2. The highest BCUT2D eigenvalue weighted by molar-refractivity contribution is 8.00. The van der Waals surface area contributed by atoms with Crippen molar-refractivity contribution >= 4 is 57.6 Å². The second-order valence-corrected chi connectivity index (χ2v) is 11.4. The Hall–Kier alpha value is -5.54. The van der Waals surface area contributed by atoms with Gasteiger partial charge in [-0.1, -0.05) is 11.2 Å². The average Bonchev–Trinajstić information content (AvgIpc) is 3.70. The zero-order valence-electron chi connectivity index (χ0n) is 23.4. The maximum absolute atomic E-state index is 13.1. The second-order valence-electron chi connectivity index (χ2n) is 9.37. The molecule has 16 nitrogen and oxygen atoms in total. The number of thioether (sulfide) groups is 1. The smallest absolute Gasteiger partial charge is 0.282 e. The van der Waals surface area contributed by atoms with Crippen LogP contribution in [-0.4, -0.2) is 73.3 Å². The molecule has 18 heteroatoms. The number of nitrogen functional groups attached to an aromatic ring is 1. The molecule has 230 valence electrons. The Morgan fingerprint density at radius 2 is 2.16 bits per heavy atom. The van der Waals surface area contributed by atoms with Gasteiger partial charge in [0.25, 0.3) is 17.7 Å². The number of carboxylic acids is 1. The second kappa shape index (κ2) is 13.4. The van der Waals surface area contributed by atoms with E-state index in [1.165, 1.54) is 23.2 Å². The molecular weight excluding hydrogens is 624 g/mol. The molecule has 5 N–H and O–H groups in total. The van der Waals surface area contributed by atoms with Crippen molar-refractivity contribution in [1.29, 1.82) is 5.26 Å². The third-order valence-electron chi connectivity index (χ3n) is 6.56. The molecule has 3 aromatic rings. The number of thiazole rings is 1. The first kappa shape index (κ1) is 30.9. The molecule has 5 heterocycles. The van der Waals surface area contributed by atoms with E-state index in [2.05, 4.69) is 25.7 Å². The number of aliphatic carboxylic acids is 1. The van der Waals surface area contributed by atoms with Gasteiger partial charge in [0, 0.05) is 28.8 Å². The molecular formula is C27H24N10O6S2. The van der Waals surface area contributed by atoms with Crippen LogP contribution in [0.1, 0.15) is 23.1 Å². The van der Waals surface area contributed by atoms with Gasteiger partial charge in [-0.05, 0) is 24.6 Å². The van der Waals surface area contributed by atoms with Gasteiger partial charge in [0.05, 0.1) is 17.4 Å². The van der Waals surface area contributed by atoms with Crippen LogP contribution in [0.15, 0.2) is 64.6 Å². The lowest BCUT2D eigenvalue weighted by Crippen LogP contribution is -2.71. The number of H-pyrrole nitrogens is 1. The van der Waals surface area contributed by atoms with E-state index in [0.29, 0.717) is 17.8 Å². The quantitative estimate of drug-likeness (QED) is 0.0492. The number of anilines is 1. The van der Waals surface area contributed by atoms with Crippen molar-refractivity contribution in [2.24, 2.45) is 5.16 Å². The maximum Gasteiger partial charge on any atom is 0.282 e. The molecule has 1 fully saturated rings. The molecule has 0 aromatic carbocycles. The molecule has 3 amide bonds. The number of hydrogen-bond acceptors (Lipinski definition) is 13. The fourth-order valence-electron chi connectivity index (χ4n) is 4.47. The number of nitrogens with zero attached hydrogens (tertiary/aromatic N) is 6. The number of oxime groups is 1. The van der Waals surface area contributed by atoms with Gasteiger partial charge in [-0.25, -0.2) is 9.55 Å². The predicted octanol–water partition coefficient (Wildman–Crippen LogP) is -0.985. The average molecular weight is 649 g/mol. The minimum Gasteiger partial charge on any atom is -0.543 e. The number of carbonyl (C=O) groups excluding carboxylic acids is 4. The lowest BCUT2D eigenvalue weighted by atomic mass is 10.0. The molecule has 0 bridgehead atoms. The Labute approximate surface area is 263 Å². The summed E-state index contributed by atoms with van der Waals surface area (Å²) in [5, 5.41) is 36.9. The summed E-state index contributed by atoms with van der Waals surface area (Å²) in [6.07, 6.45) is 8.49. The van der Waals surface area contributed by atoms with Crippen molar-refractivity contribution in [3.8, 4) is 17.5 Å². The van der Waals surface area contributed by atoms with Crippen LogP contribution < -0.4 is 26.0 Å². The maximum atomic E-state index is 13.1. The van der Waals surface area contributed by atoms with Crippen LogP contribution in [0.25, 0.3) is 11.3 Å². The summed E-state index contributed by atoms with van der Waals surface area (Å²) in [6, 6.07) is 4.09. The van der Waals surface area contributed by atoms with Crippen molar-refractivity contribution in [1.82, 2.24) is 30.7 Å². The number of fused-ring (bicyclic) bond motifs is 1. The Balaban J connectivity index is 1.24. The van der Waals surface area contributed by atoms with Crippen LogP contribution in [-0.2, 0) is 25.8 Å². The number of pyridine rings is 1. The number of β-lactam (4-membered cyclic amide) rings is 1. The number of rotatable bonds is 11. The lowest BCUT2D eigenvalue weighted by Gasteiger charge is -2.50. The molecule has 2 aliphatic rings. The number of hydrogen-bond donors (Lipinski definition) is 4. The van der Waals surface area contributed by atoms with E-state index in [9.17, 15) is 24.3 Å². The van der Waals surface area contributed by atoms with Crippen molar-refractivity contribution < 1.29 is 33.7 Å². The largest absolute Gasteiger partial charge is 0.543 e. The lowest BCUT2D eigenvalue weighted by molar-refractivity contribution is -0.686. The van der Waals surface area contributed by atoms with E-state index in [0.717, 1.165) is 21.8 Å². The SMILES string of the molecule is CCO/N=C(\C(=O)N[C@@H]1C(=O)N2C(C(=O)[O-])=C(/C=C/C[n+]3ccc(-c4cc(C(=O)NC#N)[nH]n4)cc3)CS[C@H]12)c1csc(N)n1. The van der Waals surface area contributed by atoms with Gasteiger partial charge in [-0.3, -0.25) is 29.7 Å². The fraction of sp³-hybridized carbons (Fsp3) is 0.222. The molecule has 2 aliphatic heterocycles. The zero-order valence-corrected chi connectivity index (χ0v) is 25.1. The summed E-state index contributed by atoms with van der Waals surface area (Å²) in [6.45, 7) is 2.27. The van der Waals surface area contributed by atoms with E-state index >= 15 is 0 Å². The highest BCUT2D eigenvalue weighted by Crippen LogP contribution is 2.40. The summed E-state index contributed by atoms with van der Waals surface area (Å²) < 4.78 is 1.83. The van der Waals surface area contributed by atoms with Crippen LogP contribution >= 0.6 is 23.1 Å². The molecule has 5 rings (SSSR count). The molecule has 0 aliphatic carbocycles. The van der Waals surface area contributed by atoms with Crippen LogP contribution in [0, 0.1) is 11.5 Å². The van der Waals surface area contributed by atoms with Crippen molar-refractivity contribution in [2.75, 3.05) is 18.1 Å². The van der Waals surface area contributed by atoms with E-state index in [-0.39, 0.29) is 40.3 Å². The number of amides is 3. The molecule has 0 spiro atoms. The van der Waals surface area contributed by atoms with Crippen LogP contribution in [0.3, 0.4) is 0 Å². The first-order chi connectivity index (χ1) is 21.7. The van der Waals surface area contributed by atoms with Crippen molar-refractivity contribution in [3.05, 3.63) is 70.8 Å². The summed E-state index contributed by atoms with van der Waals surface area (Å²) in [7, 11) is 0. The number of aromatic nitrogens is 4. The summed E-state index contributed by atoms with van der Waals surface area (Å²) in [4.78, 5) is 60.2. The molecule has 2 atom stereocenters. The summed E-state index contributed by atoms with van der Waals surface area (Å²) in [5.41, 5.74) is 7.24. The van der Waals surface area contributed by atoms with E-state index in [4.69, 9.17) is 15.8 Å². The Morgan fingerprint density at radius 3 is 2.82 bits per heavy atom. The van der Waals surface area contributed by atoms with Gasteiger partial charge in [-0.2, -0.15) is 10.4 Å². The van der Waals surface area contributed by atoms with Gasteiger partial charge in [0.2, 0.25) is 0 Å². The molecule has 45 heavy (non-hydrogen) atoms. The fourth-order valence-corrected chi connectivity index (χ4v) is 6.34. The van der Waals surface area contributed by atoms with E-state index in [1.807, 2.05) is 9.88 Å². The minimum atomic E-state index is -1.51. The van der Waals surface area contributed by atoms with Gasteiger partial charge in [-0.15, -0.1) is 23.1 Å². The highest BCUT2D eigenvalue weighted by Gasteiger charge is 2.53. The predicted molar refractivity (Wildman–Crippen MR) is 158 cm³/mol. The molecule has 3 aromatic heterocycles. The van der Waals surface area contributed by atoms with Crippen LogP contribution in [0.2, 0.25) is 0 Å². The first-order valence-corrected chi connectivity index (χ1v) is 15.2. The zero-order chi connectivity index (χ0) is 32.1. The van der Waals surface area contributed by atoms with E-state index in [1.54, 1.807) is 49.8 Å². The van der Waals surface area contributed by atoms with Crippen molar-refractivity contribution in [3.63, 3.8) is 0 Å². The van der Waals surface area contributed by atoms with Gasteiger partial charge < -0.3 is 25.8 Å². The van der Waals surface area contributed by atoms with Gasteiger partial charge in [0.1, 0.15) is 29.4 Å². The number of carbonyl (C=O) groups is 4. The molecule has 0 radical (unpaired) electrons. The summed E-state index contributed by atoms with van der Waals surface area (Å²) >= 11 is 2.41. The molecule has 0 saturated carbocycles.